The van der Waals surface area contributed by atoms with Gasteiger partial charge in [0, 0.05) is 13.0 Å². The summed E-state index contributed by atoms with van der Waals surface area (Å²) in [6.45, 7) is 1.57. The van der Waals surface area contributed by atoms with Crippen molar-refractivity contribution in [1.82, 2.24) is 5.32 Å². The second-order valence-corrected chi connectivity index (χ2v) is 3.62. The quantitative estimate of drug-likeness (QED) is 0.451. The number of carboxylic acid groups (broad SMARTS) is 1. The highest BCUT2D eigenvalue weighted by Gasteiger charge is 2.20. The molecule has 0 aliphatic heterocycles. The molecule has 0 saturated carbocycles. The third-order valence-corrected chi connectivity index (χ3v) is 2.09. The third kappa shape index (κ3) is 6.36. The number of aliphatic hydroxyl groups is 2. The molecular weight excluding hydrogens is 214 g/mol. The molecule has 0 radical (unpaired) electrons. The van der Waals surface area contributed by atoms with Crippen LogP contribution in [0.1, 0.15) is 32.6 Å². The van der Waals surface area contributed by atoms with Gasteiger partial charge in [0.05, 0.1) is 12.5 Å². The molecule has 6 nitrogen and oxygen atoms in total. The number of carboxylic acids is 1. The molecule has 0 rings (SSSR count). The van der Waals surface area contributed by atoms with Crippen LogP contribution in [0.15, 0.2) is 0 Å². The van der Waals surface area contributed by atoms with Gasteiger partial charge in [0.2, 0.25) is 5.91 Å². The standard InChI is InChI=1S/C10H19NO5/c1-2-3-7(13)6-9(14)11-8(4-5-12)10(15)16/h7-8,12-13H,2-6H2,1H3,(H,11,14)(H,15,16)/t7?,8-/m0/s1. The molecule has 6 heteroatoms. The van der Waals surface area contributed by atoms with Crippen molar-refractivity contribution in [2.24, 2.45) is 0 Å². The van der Waals surface area contributed by atoms with Crippen LogP contribution in [0.25, 0.3) is 0 Å². The van der Waals surface area contributed by atoms with E-state index in [1.54, 1.807) is 0 Å². The number of rotatable bonds is 8. The van der Waals surface area contributed by atoms with Crippen LogP contribution in [0.5, 0.6) is 0 Å². The average Bonchev–Trinajstić information content (AvgIpc) is 2.16. The van der Waals surface area contributed by atoms with Crippen molar-refractivity contribution in [2.45, 2.75) is 44.8 Å². The second-order valence-electron chi connectivity index (χ2n) is 3.62. The Morgan fingerprint density at radius 3 is 2.38 bits per heavy atom. The van der Waals surface area contributed by atoms with Gasteiger partial charge in [-0.15, -0.1) is 0 Å². The highest BCUT2D eigenvalue weighted by Crippen LogP contribution is 2.02. The predicted octanol–water partition coefficient (Wildman–Crippen LogP) is -0.511. The number of amides is 1. The summed E-state index contributed by atoms with van der Waals surface area (Å²) < 4.78 is 0. The molecule has 94 valence electrons. The van der Waals surface area contributed by atoms with E-state index in [0.29, 0.717) is 6.42 Å². The summed E-state index contributed by atoms with van der Waals surface area (Å²) in [7, 11) is 0. The predicted molar refractivity (Wildman–Crippen MR) is 56.8 cm³/mol. The summed E-state index contributed by atoms with van der Waals surface area (Å²) in [6, 6.07) is -1.09. The minimum Gasteiger partial charge on any atom is -0.480 e. The molecule has 0 aliphatic carbocycles. The smallest absolute Gasteiger partial charge is 0.326 e. The maximum Gasteiger partial charge on any atom is 0.326 e. The Balaban J connectivity index is 4.04. The van der Waals surface area contributed by atoms with Crippen LogP contribution in [0.3, 0.4) is 0 Å². The van der Waals surface area contributed by atoms with Crippen molar-refractivity contribution < 1.29 is 24.9 Å². The summed E-state index contributed by atoms with van der Waals surface area (Å²) in [5, 5.41) is 28.9. The van der Waals surface area contributed by atoms with Crippen LogP contribution >= 0.6 is 0 Å². The van der Waals surface area contributed by atoms with E-state index >= 15 is 0 Å². The Morgan fingerprint density at radius 1 is 1.31 bits per heavy atom. The van der Waals surface area contributed by atoms with Gasteiger partial charge in [-0.1, -0.05) is 13.3 Å². The molecule has 0 fully saturated rings. The number of carbonyl (C=O) groups is 2. The number of carbonyl (C=O) groups excluding carboxylic acids is 1. The van der Waals surface area contributed by atoms with Crippen molar-refractivity contribution in [3.8, 4) is 0 Å². The Kier molecular flexibility index (Phi) is 7.49. The second kappa shape index (κ2) is 8.06. The van der Waals surface area contributed by atoms with E-state index in [4.69, 9.17) is 10.2 Å². The maximum atomic E-state index is 11.3. The molecule has 0 spiro atoms. The minimum atomic E-state index is -1.19. The van der Waals surface area contributed by atoms with Gasteiger partial charge < -0.3 is 20.6 Å². The zero-order valence-electron chi connectivity index (χ0n) is 9.35. The molecule has 0 bridgehead atoms. The maximum absolute atomic E-state index is 11.3. The minimum absolute atomic E-state index is 0.0368. The molecule has 4 N–H and O–H groups in total. The summed E-state index contributed by atoms with van der Waals surface area (Å²) in [4.78, 5) is 21.9. The first-order valence-electron chi connectivity index (χ1n) is 5.32. The van der Waals surface area contributed by atoms with Crippen molar-refractivity contribution in [1.29, 1.82) is 0 Å². The van der Waals surface area contributed by atoms with Gasteiger partial charge in [-0.25, -0.2) is 4.79 Å². The van der Waals surface area contributed by atoms with E-state index in [-0.39, 0.29) is 19.4 Å². The van der Waals surface area contributed by atoms with E-state index < -0.39 is 24.0 Å². The molecule has 0 aromatic rings. The van der Waals surface area contributed by atoms with Crippen molar-refractivity contribution in [2.75, 3.05) is 6.61 Å². The largest absolute Gasteiger partial charge is 0.480 e. The summed E-state index contributed by atoms with van der Waals surface area (Å²) in [5.74, 6) is -1.70. The lowest BCUT2D eigenvalue weighted by Crippen LogP contribution is -2.42. The molecule has 2 atom stereocenters. The number of aliphatic carboxylic acids is 1. The Bertz CT molecular complexity index is 231. The zero-order valence-corrected chi connectivity index (χ0v) is 9.35. The highest BCUT2D eigenvalue weighted by molar-refractivity contribution is 5.83. The van der Waals surface area contributed by atoms with Gasteiger partial charge in [-0.05, 0) is 6.42 Å². The summed E-state index contributed by atoms with van der Waals surface area (Å²) in [5.41, 5.74) is 0. The van der Waals surface area contributed by atoms with Crippen LogP contribution in [0.4, 0.5) is 0 Å². The Morgan fingerprint density at radius 2 is 1.94 bits per heavy atom. The van der Waals surface area contributed by atoms with Gasteiger partial charge >= 0.3 is 5.97 Å². The molecule has 0 saturated heterocycles. The average molecular weight is 233 g/mol. The molecule has 0 aromatic heterocycles. The number of nitrogens with one attached hydrogen (secondary N) is 1. The van der Waals surface area contributed by atoms with Crippen LogP contribution < -0.4 is 5.32 Å². The molecule has 1 amide bonds. The van der Waals surface area contributed by atoms with Crippen molar-refractivity contribution in [3.05, 3.63) is 0 Å². The van der Waals surface area contributed by atoms with Crippen LogP contribution in [-0.4, -0.2) is 45.9 Å². The first kappa shape index (κ1) is 14.9. The molecule has 1 unspecified atom stereocenters. The third-order valence-electron chi connectivity index (χ3n) is 2.09. The lowest BCUT2D eigenvalue weighted by molar-refractivity contribution is -0.142. The van der Waals surface area contributed by atoms with E-state index in [2.05, 4.69) is 5.32 Å². The van der Waals surface area contributed by atoms with Gasteiger partial charge in [-0.2, -0.15) is 0 Å². The fourth-order valence-electron chi connectivity index (χ4n) is 1.29. The van der Waals surface area contributed by atoms with Crippen molar-refractivity contribution >= 4 is 11.9 Å². The first-order valence-corrected chi connectivity index (χ1v) is 5.32. The van der Waals surface area contributed by atoms with E-state index in [0.717, 1.165) is 6.42 Å². The number of aliphatic hydroxyl groups excluding tert-OH is 2. The molecule has 0 aliphatic rings. The monoisotopic (exact) mass is 233 g/mol. The normalized spacial score (nSPS) is 14.2. The van der Waals surface area contributed by atoms with Crippen molar-refractivity contribution in [3.63, 3.8) is 0 Å². The first-order chi connectivity index (χ1) is 7.51. The fourth-order valence-corrected chi connectivity index (χ4v) is 1.29. The Hall–Kier alpha value is -1.14. The van der Waals surface area contributed by atoms with E-state index in [1.807, 2.05) is 6.92 Å². The van der Waals surface area contributed by atoms with Crippen LogP contribution in [-0.2, 0) is 9.59 Å². The molecule has 0 heterocycles. The van der Waals surface area contributed by atoms with Gasteiger partial charge in [0.25, 0.3) is 0 Å². The number of hydrogen-bond donors (Lipinski definition) is 4. The lowest BCUT2D eigenvalue weighted by Gasteiger charge is -2.14. The van der Waals surface area contributed by atoms with Crippen LogP contribution in [0.2, 0.25) is 0 Å². The fraction of sp³-hybridized carbons (Fsp3) is 0.800. The summed E-state index contributed by atoms with van der Waals surface area (Å²) >= 11 is 0. The SMILES string of the molecule is CCCC(O)CC(=O)N[C@@H](CCO)C(=O)O. The van der Waals surface area contributed by atoms with E-state index in [9.17, 15) is 14.7 Å². The van der Waals surface area contributed by atoms with Crippen LogP contribution in [0, 0.1) is 0 Å². The molecule has 0 aromatic carbocycles. The number of hydrogen-bond acceptors (Lipinski definition) is 4. The molecular formula is C10H19NO5. The zero-order chi connectivity index (χ0) is 12.6. The topological polar surface area (TPSA) is 107 Å². The highest BCUT2D eigenvalue weighted by atomic mass is 16.4. The molecule has 16 heavy (non-hydrogen) atoms. The van der Waals surface area contributed by atoms with Gasteiger partial charge in [-0.3, -0.25) is 4.79 Å². The summed E-state index contributed by atoms with van der Waals surface area (Å²) in [6.07, 6.45) is 0.376. The van der Waals surface area contributed by atoms with Gasteiger partial charge in [0.15, 0.2) is 0 Å². The Labute approximate surface area is 94.3 Å². The van der Waals surface area contributed by atoms with E-state index in [1.165, 1.54) is 0 Å². The lowest BCUT2D eigenvalue weighted by atomic mass is 10.1. The van der Waals surface area contributed by atoms with Gasteiger partial charge in [0.1, 0.15) is 6.04 Å².